The molecule has 0 radical (unpaired) electrons. The second-order valence-electron chi connectivity index (χ2n) is 6.09. The van der Waals surface area contributed by atoms with E-state index < -0.39 is 0 Å². The van der Waals surface area contributed by atoms with Crippen LogP contribution in [0.3, 0.4) is 0 Å². The van der Waals surface area contributed by atoms with Crippen LogP contribution in [0.1, 0.15) is 44.9 Å². The summed E-state index contributed by atoms with van der Waals surface area (Å²) in [4.78, 5) is 10.5. The van der Waals surface area contributed by atoms with Crippen LogP contribution in [0.15, 0.2) is 0 Å². The van der Waals surface area contributed by atoms with Crippen LogP contribution in [0.5, 0.6) is 0 Å². The summed E-state index contributed by atoms with van der Waals surface area (Å²) in [5.74, 6) is 0.970. The van der Waals surface area contributed by atoms with Crippen LogP contribution in [-0.2, 0) is 14.5 Å². The molecule has 2 aliphatic carbocycles. The predicted octanol–water partition coefficient (Wildman–Crippen LogP) is 2.05. The van der Waals surface area contributed by atoms with E-state index in [0.29, 0.717) is 24.0 Å². The Labute approximate surface area is 109 Å². The van der Waals surface area contributed by atoms with E-state index in [9.17, 15) is 5.11 Å². The summed E-state index contributed by atoms with van der Waals surface area (Å²) in [6.45, 7) is 0. The van der Waals surface area contributed by atoms with Gasteiger partial charge in [0, 0.05) is 0 Å². The zero-order valence-electron chi connectivity index (χ0n) is 11.1. The number of hydrogen-bond donors (Lipinski definition) is 1. The van der Waals surface area contributed by atoms with E-state index in [1.54, 1.807) is 7.11 Å². The first kappa shape index (κ1) is 12.9. The van der Waals surface area contributed by atoms with Crippen molar-refractivity contribution in [3.05, 3.63) is 0 Å². The molecule has 1 aliphatic heterocycles. The van der Waals surface area contributed by atoms with E-state index in [-0.39, 0.29) is 12.2 Å². The van der Waals surface area contributed by atoms with Gasteiger partial charge in [-0.2, -0.15) is 0 Å². The molecule has 1 heterocycles. The van der Waals surface area contributed by atoms with Crippen molar-refractivity contribution in [3.8, 4) is 0 Å². The fourth-order valence-corrected chi connectivity index (χ4v) is 3.89. The molecular formula is C14H24O4. The molecule has 0 spiro atoms. The molecule has 6 atom stereocenters. The quantitative estimate of drug-likeness (QED) is 0.475. The summed E-state index contributed by atoms with van der Waals surface area (Å²) in [7, 11) is 1.59. The van der Waals surface area contributed by atoms with E-state index >= 15 is 0 Å². The number of aliphatic hydroxyl groups is 1. The van der Waals surface area contributed by atoms with E-state index in [1.165, 1.54) is 6.42 Å². The maximum Gasteiger partial charge on any atom is 0.0987 e. The lowest BCUT2D eigenvalue weighted by Crippen LogP contribution is -2.38. The molecule has 2 saturated carbocycles. The molecule has 3 aliphatic rings. The minimum atomic E-state index is -0.153. The summed E-state index contributed by atoms with van der Waals surface area (Å²) >= 11 is 0. The second-order valence-corrected chi connectivity index (χ2v) is 6.09. The maximum atomic E-state index is 9.83. The molecule has 0 aromatic rings. The van der Waals surface area contributed by atoms with Gasteiger partial charge in [0.15, 0.2) is 0 Å². The van der Waals surface area contributed by atoms with Crippen LogP contribution < -0.4 is 0 Å². The smallest absolute Gasteiger partial charge is 0.0987 e. The summed E-state index contributed by atoms with van der Waals surface area (Å²) in [6.07, 6.45) is 8.47. The van der Waals surface area contributed by atoms with Gasteiger partial charge in [-0.15, -0.1) is 0 Å². The lowest BCUT2D eigenvalue weighted by atomic mass is 9.75. The molecule has 0 bridgehead atoms. The summed E-state index contributed by atoms with van der Waals surface area (Å²) in [5, 5.41) is 9.83. The Hall–Kier alpha value is -0.160. The number of fused-ring (bicyclic) bond motifs is 1. The third kappa shape index (κ3) is 2.72. The van der Waals surface area contributed by atoms with Gasteiger partial charge in [-0.05, 0) is 50.4 Å². The van der Waals surface area contributed by atoms with E-state index in [2.05, 4.69) is 0 Å². The van der Waals surface area contributed by atoms with Crippen LogP contribution in [0, 0.1) is 11.8 Å². The Morgan fingerprint density at radius 3 is 2.61 bits per heavy atom. The lowest BCUT2D eigenvalue weighted by Gasteiger charge is -2.36. The van der Waals surface area contributed by atoms with Crippen LogP contribution in [0.25, 0.3) is 0 Å². The highest BCUT2D eigenvalue weighted by Crippen LogP contribution is 2.44. The minimum Gasteiger partial charge on any atom is -0.393 e. The van der Waals surface area contributed by atoms with E-state index in [4.69, 9.17) is 14.5 Å². The van der Waals surface area contributed by atoms with Crippen LogP contribution in [0.4, 0.5) is 0 Å². The van der Waals surface area contributed by atoms with Crippen LogP contribution >= 0.6 is 0 Å². The fraction of sp³-hybridized carbons (Fsp3) is 1.00. The van der Waals surface area contributed by atoms with Crippen molar-refractivity contribution in [3.63, 3.8) is 0 Å². The van der Waals surface area contributed by atoms with Gasteiger partial charge in [0.25, 0.3) is 0 Å². The molecule has 4 unspecified atom stereocenters. The average Bonchev–Trinajstić information content (AvgIpc) is 3.14. The first-order valence-electron chi connectivity index (χ1n) is 7.31. The Bertz CT molecular complexity index is 277. The zero-order chi connectivity index (χ0) is 12.5. The number of rotatable bonds is 4. The molecule has 104 valence electrons. The number of epoxide rings is 1. The molecule has 0 amide bonds. The van der Waals surface area contributed by atoms with Crippen molar-refractivity contribution in [2.45, 2.75) is 69.4 Å². The second kappa shape index (κ2) is 5.45. The van der Waals surface area contributed by atoms with Gasteiger partial charge in [0.2, 0.25) is 0 Å². The first-order chi connectivity index (χ1) is 8.78. The number of ether oxygens (including phenoxy) is 1. The maximum absolute atomic E-state index is 9.83. The molecule has 1 N–H and O–H groups in total. The summed E-state index contributed by atoms with van der Waals surface area (Å²) < 4.78 is 5.60. The molecule has 0 aromatic heterocycles. The molecule has 1 saturated heterocycles. The van der Waals surface area contributed by atoms with Crippen molar-refractivity contribution in [2.75, 3.05) is 7.11 Å². The summed E-state index contributed by atoms with van der Waals surface area (Å²) in [5.41, 5.74) is 0. The molecule has 3 fully saturated rings. The normalized spacial score (nSPS) is 45.3. The van der Waals surface area contributed by atoms with Crippen molar-refractivity contribution < 1.29 is 19.6 Å². The third-order valence-corrected chi connectivity index (χ3v) is 4.87. The Morgan fingerprint density at radius 1 is 1.06 bits per heavy atom. The first-order valence-corrected chi connectivity index (χ1v) is 7.31. The van der Waals surface area contributed by atoms with Crippen molar-refractivity contribution in [1.29, 1.82) is 0 Å². The monoisotopic (exact) mass is 256 g/mol. The van der Waals surface area contributed by atoms with Gasteiger partial charge < -0.3 is 9.84 Å². The standard InChI is InChI=1S/C14H24O4/c1-16-18-14(9-3-2-4-11(15)7-9)10-5-6-12-13(8-10)17-12/h9-15H,2-8H2,1H3/t9?,10-,11?,12?,13?,14+/m1/s1. The van der Waals surface area contributed by atoms with Gasteiger partial charge in [-0.1, -0.05) is 6.42 Å². The fourth-order valence-electron chi connectivity index (χ4n) is 3.89. The highest BCUT2D eigenvalue weighted by Gasteiger charge is 2.47. The van der Waals surface area contributed by atoms with Crippen LogP contribution in [0.2, 0.25) is 0 Å². The SMILES string of the molecule is COO[C@@H](C1CCCC(O)C1)[C@@H]1CCC2OC2C1. The number of hydrogen-bond acceptors (Lipinski definition) is 4. The number of aliphatic hydroxyl groups excluding tert-OH is 1. The highest BCUT2D eigenvalue weighted by molar-refractivity contribution is 4.95. The zero-order valence-corrected chi connectivity index (χ0v) is 11.1. The summed E-state index contributed by atoms with van der Waals surface area (Å²) in [6, 6.07) is 0. The Kier molecular flexibility index (Phi) is 3.89. The molecule has 4 nitrogen and oxygen atoms in total. The van der Waals surface area contributed by atoms with Crippen molar-refractivity contribution in [1.82, 2.24) is 0 Å². The topological polar surface area (TPSA) is 51.2 Å². The average molecular weight is 256 g/mol. The molecule has 3 rings (SSSR count). The largest absolute Gasteiger partial charge is 0.393 e. The lowest BCUT2D eigenvalue weighted by molar-refractivity contribution is -0.329. The molecular weight excluding hydrogens is 232 g/mol. The minimum absolute atomic E-state index is 0.134. The van der Waals surface area contributed by atoms with Crippen molar-refractivity contribution >= 4 is 0 Å². The van der Waals surface area contributed by atoms with E-state index in [0.717, 1.165) is 38.5 Å². The van der Waals surface area contributed by atoms with Gasteiger partial charge in [0.1, 0.15) is 0 Å². The van der Waals surface area contributed by atoms with Gasteiger partial charge in [-0.25, -0.2) is 9.78 Å². The van der Waals surface area contributed by atoms with Gasteiger partial charge in [0.05, 0.1) is 31.5 Å². The Morgan fingerprint density at radius 2 is 1.89 bits per heavy atom. The third-order valence-electron chi connectivity index (χ3n) is 4.87. The van der Waals surface area contributed by atoms with Gasteiger partial charge in [-0.3, -0.25) is 0 Å². The van der Waals surface area contributed by atoms with Crippen molar-refractivity contribution in [2.24, 2.45) is 11.8 Å². The Balaban J connectivity index is 1.62. The van der Waals surface area contributed by atoms with Gasteiger partial charge >= 0.3 is 0 Å². The van der Waals surface area contributed by atoms with Crippen LogP contribution in [-0.4, -0.2) is 36.6 Å². The predicted molar refractivity (Wildman–Crippen MR) is 65.8 cm³/mol. The molecule has 4 heteroatoms. The highest BCUT2D eigenvalue weighted by atomic mass is 17.2. The molecule has 0 aromatic carbocycles. The van der Waals surface area contributed by atoms with E-state index in [1.807, 2.05) is 0 Å². The molecule has 18 heavy (non-hydrogen) atoms.